The van der Waals surface area contributed by atoms with Crippen molar-refractivity contribution in [2.45, 2.75) is 6.92 Å². The zero-order valence-electron chi connectivity index (χ0n) is 13.7. The Bertz CT molecular complexity index is 1030. The third-order valence-electron chi connectivity index (χ3n) is 4.02. The van der Waals surface area contributed by atoms with E-state index in [2.05, 4.69) is 24.4 Å². The Morgan fingerprint density at radius 2 is 1.52 bits per heavy atom. The molecular formula is C21H16ClN3. The molecule has 1 aromatic heterocycles. The highest BCUT2D eigenvalue weighted by Crippen LogP contribution is 2.27. The van der Waals surface area contributed by atoms with E-state index in [-0.39, 0.29) is 0 Å². The van der Waals surface area contributed by atoms with Gasteiger partial charge in [0, 0.05) is 21.7 Å². The van der Waals surface area contributed by atoms with Gasteiger partial charge in [-0.2, -0.15) is 0 Å². The third kappa shape index (κ3) is 3.32. The van der Waals surface area contributed by atoms with Crippen LogP contribution >= 0.6 is 11.6 Å². The molecule has 0 saturated carbocycles. The number of hydrogen-bond donors (Lipinski definition) is 1. The second kappa shape index (κ2) is 6.54. The maximum absolute atomic E-state index is 5.97. The summed E-state index contributed by atoms with van der Waals surface area (Å²) in [6.45, 7) is 2.07. The standard InChI is InChI=1S/C21H16ClN3/c1-14-6-8-15(9-7-14)20-24-19-5-3-2-4-18(19)21(25-20)23-17-12-10-16(22)11-13-17/h2-13H,1H3,(H,23,24,25). The lowest BCUT2D eigenvalue weighted by Crippen LogP contribution is -1.99. The fraction of sp³-hybridized carbons (Fsp3) is 0.0476. The van der Waals surface area contributed by atoms with Crippen LogP contribution in [0.3, 0.4) is 0 Å². The number of aryl methyl sites for hydroxylation is 1. The third-order valence-corrected chi connectivity index (χ3v) is 4.27. The molecule has 0 aliphatic carbocycles. The molecule has 0 aliphatic heterocycles. The molecule has 0 amide bonds. The van der Waals surface area contributed by atoms with Crippen LogP contribution in [0, 0.1) is 6.92 Å². The zero-order chi connectivity index (χ0) is 17.2. The van der Waals surface area contributed by atoms with Crippen molar-refractivity contribution in [3.63, 3.8) is 0 Å². The van der Waals surface area contributed by atoms with Gasteiger partial charge >= 0.3 is 0 Å². The molecule has 0 aliphatic rings. The van der Waals surface area contributed by atoms with E-state index < -0.39 is 0 Å². The molecule has 3 aromatic carbocycles. The van der Waals surface area contributed by atoms with Crippen molar-refractivity contribution in [1.29, 1.82) is 0 Å². The van der Waals surface area contributed by atoms with Crippen molar-refractivity contribution < 1.29 is 0 Å². The number of halogens is 1. The molecule has 0 unspecified atom stereocenters. The van der Waals surface area contributed by atoms with E-state index in [9.17, 15) is 0 Å². The summed E-state index contributed by atoms with van der Waals surface area (Å²) in [4.78, 5) is 9.48. The van der Waals surface area contributed by atoms with Crippen molar-refractivity contribution in [2.75, 3.05) is 5.32 Å². The van der Waals surface area contributed by atoms with E-state index in [1.54, 1.807) is 0 Å². The predicted octanol–water partition coefficient (Wildman–Crippen LogP) is 6.00. The van der Waals surface area contributed by atoms with Gasteiger partial charge in [-0.25, -0.2) is 9.97 Å². The molecule has 4 rings (SSSR count). The minimum atomic E-state index is 0.704. The molecule has 0 atom stereocenters. The van der Waals surface area contributed by atoms with Gasteiger partial charge in [-0.1, -0.05) is 53.6 Å². The largest absolute Gasteiger partial charge is 0.340 e. The van der Waals surface area contributed by atoms with Gasteiger partial charge in [0.15, 0.2) is 5.82 Å². The first-order valence-corrected chi connectivity index (χ1v) is 8.43. The Balaban J connectivity index is 1.83. The second-order valence-corrected chi connectivity index (χ2v) is 6.35. The molecule has 3 nitrogen and oxygen atoms in total. The molecule has 1 N–H and O–H groups in total. The molecule has 0 saturated heterocycles. The summed E-state index contributed by atoms with van der Waals surface area (Å²) >= 11 is 5.97. The van der Waals surface area contributed by atoms with E-state index in [4.69, 9.17) is 21.6 Å². The van der Waals surface area contributed by atoms with Gasteiger partial charge in [0.2, 0.25) is 0 Å². The highest BCUT2D eigenvalue weighted by molar-refractivity contribution is 6.30. The van der Waals surface area contributed by atoms with E-state index >= 15 is 0 Å². The molecule has 4 aromatic rings. The molecular weight excluding hydrogens is 330 g/mol. The van der Waals surface area contributed by atoms with Crippen molar-refractivity contribution in [3.05, 3.63) is 83.4 Å². The Labute approximate surface area is 151 Å². The minimum Gasteiger partial charge on any atom is -0.340 e. The summed E-state index contributed by atoms with van der Waals surface area (Å²) in [6.07, 6.45) is 0. The smallest absolute Gasteiger partial charge is 0.162 e. The Morgan fingerprint density at radius 3 is 2.28 bits per heavy atom. The lowest BCUT2D eigenvalue weighted by molar-refractivity contribution is 1.22. The van der Waals surface area contributed by atoms with Crippen molar-refractivity contribution in [1.82, 2.24) is 9.97 Å². The number of para-hydroxylation sites is 1. The number of nitrogens with zero attached hydrogens (tertiary/aromatic N) is 2. The molecule has 25 heavy (non-hydrogen) atoms. The zero-order valence-corrected chi connectivity index (χ0v) is 14.5. The first kappa shape index (κ1) is 15.6. The molecule has 4 heteroatoms. The SMILES string of the molecule is Cc1ccc(-c2nc(Nc3ccc(Cl)cc3)c3ccccc3n2)cc1. The molecule has 122 valence electrons. The summed E-state index contributed by atoms with van der Waals surface area (Å²) in [5.74, 6) is 1.48. The number of benzene rings is 3. The number of aromatic nitrogens is 2. The predicted molar refractivity (Wildman–Crippen MR) is 104 cm³/mol. The quantitative estimate of drug-likeness (QED) is 0.494. The minimum absolute atomic E-state index is 0.704. The number of nitrogens with one attached hydrogen (secondary N) is 1. The van der Waals surface area contributed by atoms with Crippen LogP contribution in [0.15, 0.2) is 72.8 Å². The monoisotopic (exact) mass is 345 g/mol. The van der Waals surface area contributed by atoms with Crippen LogP contribution in [-0.2, 0) is 0 Å². The van der Waals surface area contributed by atoms with Crippen LogP contribution in [0.25, 0.3) is 22.3 Å². The number of rotatable bonds is 3. The van der Waals surface area contributed by atoms with E-state index in [1.807, 2.05) is 60.7 Å². The highest BCUT2D eigenvalue weighted by Gasteiger charge is 2.09. The average molecular weight is 346 g/mol. The fourth-order valence-electron chi connectivity index (χ4n) is 2.67. The fourth-order valence-corrected chi connectivity index (χ4v) is 2.80. The first-order chi connectivity index (χ1) is 12.2. The van der Waals surface area contributed by atoms with Crippen LogP contribution in [0.5, 0.6) is 0 Å². The summed E-state index contributed by atoms with van der Waals surface area (Å²) in [5, 5.41) is 5.07. The molecule has 0 fully saturated rings. The number of anilines is 2. The van der Waals surface area contributed by atoms with Gasteiger partial charge in [0.1, 0.15) is 5.82 Å². The Morgan fingerprint density at radius 1 is 0.800 bits per heavy atom. The van der Waals surface area contributed by atoms with Crippen LogP contribution in [-0.4, -0.2) is 9.97 Å². The summed E-state index contributed by atoms with van der Waals surface area (Å²) in [6, 6.07) is 23.8. The average Bonchev–Trinajstić information content (AvgIpc) is 2.64. The second-order valence-electron chi connectivity index (χ2n) is 5.91. The summed E-state index contributed by atoms with van der Waals surface area (Å²) < 4.78 is 0. The number of fused-ring (bicyclic) bond motifs is 1. The van der Waals surface area contributed by atoms with Crippen molar-refractivity contribution >= 4 is 34.0 Å². The van der Waals surface area contributed by atoms with Crippen LogP contribution < -0.4 is 5.32 Å². The maximum atomic E-state index is 5.97. The number of hydrogen-bond acceptors (Lipinski definition) is 3. The molecule has 1 heterocycles. The Hall–Kier alpha value is -2.91. The van der Waals surface area contributed by atoms with Gasteiger partial charge in [-0.05, 0) is 43.3 Å². The summed E-state index contributed by atoms with van der Waals surface area (Å²) in [7, 11) is 0. The van der Waals surface area contributed by atoms with Crippen LogP contribution in [0.4, 0.5) is 11.5 Å². The van der Waals surface area contributed by atoms with E-state index in [0.717, 1.165) is 28.0 Å². The van der Waals surface area contributed by atoms with Crippen LogP contribution in [0.1, 0.15) is 5.56 Å². The molecule has 0 spiro atoms. The van der Waals surface area contributed by atoms with Gasteiger partial charge in [0.25, 0.3) is 0 Å². The maximum Gasteiger partial charge on any atom is 0.162 e. The van der Waals surface area contributed by atoms with Crippen molar-refractivity contribution in [2.24, 2.45) is 0 Å². The molecule has 0 radical (unpaired) electrons. The van der Waals surface area contributed by atoms with Gasteiger partial charge in [-0.15, -0.1) is 0 Å². The highest BCUT2D eigenvalue weighted by atomic mass is 35.5. The van der Waals surface area contributed by atoms with Crippen LogP contribution in [0.2, 0.25) is 5.02 Å². The molecule has 0 bridgehead atoms. The summed E-state index contributed by atoms with van der Waals surface area (Å²) in [5.41, 5.74) is 4.05. The topological polar surface area (TPSA) is 37.8 Å². The van der Waals surface area contributed by atoms with E-state index in [1.165, 1.54) is 5.56 Å². The normalized spacial score (nSPS) is 10.8. The Kier molecular flexibility index (Phi) is 4.08. The van der Waals surface area contributed by atoms with Gasteiger partial charge < -0.3 is 5.32 Å². The first-order valence-electron chi connectivity index (χ1n) is 8.05. The lowest BCUT2D eigenvalue weighted by atomic mass is 10.1. The van der Waals surface area contributed by atoms with Crippen molar-refractivity contribution in [3.8, 4) is 11.4 Å². The van der Waals surface area contributed by atoms with Gasteiger partial charge in [-0.3, -0.25) is 0 Å². The van der Waals surface area contributed by atoms with Gasteiger partial charge in [0.05, 0.1) is 5.52 Å². The lowest BCUT2D eigenvalue weighted by Gasteiger charge is -2.11. The van der Waals surface area contributed by atoms with E-state index in [0.29, 0.717) is 10.8 Å².